The molecule has 0 spiro atoms. The first-order valence-electron chi connectivity index (χ1n) is 5.72. The standard InChI is InChI=1S/C14H9Cl2NO4/c15-10-3-1-2-8(12(10)16)13(19)17-7-4-5-11(18)9(6-7)14(20)21/h1-6,18H,(H,17,19)(H,20,21). The summed E-state index contributed by atoms with van der Waals surface area (Å²) in [6, 6.07) is 8.30. The lowest BCUT2D eigenvalue weighted by atomic mass is 10.1. The lowest BCUT2D eigenvalue weighted by molar-refractivity contribution is 0.0693. The average Bonchev–Trinajstić information content (AvgIpc) is 2.43. The summed E-state index contributed by atoms with van der Waals surface area (Å²) in [5.41, 5.74) is 0.0605. The second kappa shape index (κ2) is 6.03. The zero-order chi connectivity index (χ0) is 15.6. The summed E-state index contributed by atoms with van der Waals surface area (Å²) >= 11 is 11.8. The van der Waals surface area contributed by atoms with Gasteiger partial charge >= 0.3 is 5.97 Å². The first-order valence-corrected chi connectivity index (χ1v) is 6.47. The second-order valence-corrected chi connectivity index (χ2v) is 4.88. The first-order chi connectivity index (χ1) is 9.90. The monoisotopic (exact) mass is 325 g/mol. The number of carboxylic acid groups (broad SMARTS) is 1. The van der Waals surface area contributed by atoms with Crippen molar-refractivity contribution in [1.82, 2.24) is 0 Å². The summed E-state index contributed by atoms with van der Waals surface area (Å²) in [6.07, 6.45) is 0. The molecule has 0 heterocycles. The number of rotatable bonds is 3. The molecule has 0 fully saturated rings. The fourth-order valence-electron chi connectivity index (χ4n) is 1.66. The lowest BCUT2D eigenvalue weighted by Crippen LogP contribution is -2.13. The molecule has 0 unspecified atom stereocenters. The summed E-state index contributed by atoms with van der Waals surface area (Å²) in [4.78, 5) is 23.0. The van der Waals surface area contributed by atoms with Gasteiger partial charge in [0.25, 0.3) is 5.91 Å². The van der Waals surface area contributed by atoms with Crippen LogP contribution in [0.5, 0.6) is 5.75 Å². The van der Waals surface area contributed by atoms with Crippen molar-refractivity contribution in [1.29, 1.82) is 0 Å². The number of benzene rings is 2. The molecule has 2 aromatic carbocycles. The van der Waals surface area contributed by atoms with Crippen LogP contribution < -0.4 is 5.32 Å². The number of phenols is 1. The molecule has 0 aromatic heterocycles. The van der Waals surface area contributed by atoms with Gasteiger partial charge in [0.2, 0.25) is 0 Å². The molecule has 21 heavy (non-hydrogen) atoms. The van der Waals surface area contributed by atoms with Gasteiger partial charge in [0.05, 0.1) is 15.6 Å². The maximum absolute atomic E-state index is 12.1. The van der Waals surface area contributed by atoms with E-state index in [1.807, 2.05) is 0 Å². The summed E-state index contributed by atoms with van der Waals surface area (Å²) in [5, 5.41) is 21.2. The highest BCUT2D eigenvalue weighted by atomic mass is 35.5. The fraction of sp³-hybridized carbons (Fsp3) is 0. The Balaban J connectivity index is 2.30. The van der Waals surface area contributed by atoms with E-state index in [0.717, 1.165) is 6.07 Å². The van der Waals surface area contributed by atoms with Gasteiger partial charge in [-0.15, -0.1) is 0 Å². The van der Waals surface area contributed by atoms with Crippen molar-refractivity contribution in [3.8, 4) is 5.75 Å². The smallest absolute Gasteiger partial charge is 0.339 e. The third-order valence-corrected chi connectivity index (χ3v) is 3.50. The van der Waals surface area contributed by atoms with Crippen molar-refractivity contribution in [2.24, 2.45) is 0 Å². The van der Waals surface area contributed by atoms with E-state index in [1.54, 1.807) is 12.1 Å². The van der Waals surface area contributed by atoms with Gasteiger partial charge in [-0.05, 0) is 30.3 Å². The molecular weight excluding hydrogens is 317 g/mol. The van der Waals surface area contributed by atoms with E-state index < -0.39 is 11.9 Å². The van der Waals surface area contributed by atoms with Crippen LogP contribution in [0, 0.1) is 0 Å². The van der Waals surface area contributed by atoms with Gasteiger partial charge < -0.3 is 15.5 Å². The highest BCUT2D eigenvalue weighted by Crippen LogP contribution is 2.27. The van der Waals surface area contributed by atoms with E-state index in [2.05, 4.69) is 5.32 Å². The Morgan fingerprint density at radius 3 is 2.43 bits per heavy atom. The van der Waals surface area contributed by atoms with Crippen molar-refractivity contribution in [2.45, 2.75) is 0 Å². The number of hydrogen-bond acceptors (Lipinski definition) is 3. The van der Waals surface area contributed by atoms with Gasteiger partial charge in [0, 0.05) is 5.69 Å². The van der Waals surface area contributed by atoms with Crippen LogP contribution >= 0.6 is 23.2 Å². The minimum Gasteiger partial charge on any atom is -0.507 e. The number of carboxylic acids is 1. The summed E-state index contributed by atoms with van der Waals surface area (Å²) in [5.74, 6) is -2.23. The van der Waals surface area contributed by atoms with Crippen LogP contribution in [0.15, 0.2) is 36.4 Å². The molecular formula is C14H9Cl2NO4. The minimum absolute atomic E-state index is 0.105. The zero-order valence-electron chi connectivity index (χ0n) is 10.4. The predicted molar refractivity (Wildman–Crippen MR) is 79.5 cm³/mol. The maximum atomic E-state index is 12.1. The number of amides is 1. The van der Waals surface area contributed by atoms with Gasteiger partial charge in [-0.25, -0.2) is 4.79 Å². The number of anilines is 1. The van der Waals surface area contributed by atoms with Gasteiger partial charge in [-0.2, -0.15) is 0 Å². The predicted octanol–water partition coefficient (Wildman–Crippen LogP) is 3.65. The number of carbonyl (C=O) groups is 2. The third-order valence-electron chi connectivity index (χ3n) is 2.68. The molecule has 0 aliphatic heterocycles. The lowest BCUT2D eigenvalue weighted by Gasteiger charge is -2.09. The van der Waals surface area contributed by atoms with Gasteiger partial charge in [-0.3, -0.25) is 4.79 Å². The van der Waals surface area contributed by atoms with Gasteiger partial charge in [0.15, 0.2) is 0 Å². The van der Waals surface area contributed by atoms with Crippen LogP contribution in [0.4, 0.5) is 5.69 Å². The molecule has 1 amide bonds. The number of halogens is 2. The Morgan fingerprint density at radius 1 is 1.05 bits per heavy atom. The van der Waals surface area contributed by atoms with Crippen molar-refractivity contribution in [3.05, 3.63) is 57.6 Å². The average molecular weight is 326 g/mol. The molecule has 108 valence electrons. The molecule has 0 aliphatic carbocycles. The molecule has 2 rings (SSSR count). The highest BCUT2D eigenvalue weighted by Gasteiger charge is 2.15. The quantitative estimate of drug-likeness (QED) is 0.752. The Labute approximate surface area is 129 Å². The Kier molecular flexibility index (Phi) is 4.35. The van der Waals surface area contributed by atoms with Crippen LogP contribution in [0.25, 0.3) is 0 Å². The molecule has 3 N–H and O–H groups in total. The molecule has 0 saturated carbocycles. The summed E-state index contributed by atoms with van der Waals surface area (Å²) in [6.45, 7) is 0. The largest absolute Gasteiger partial charge is 0.507 e. The van der Waals surface area contributed by atoms with E-state index in [4.69, 9.17) is 28.3 Å². The van der Waals surface area contributed by atoms with Crippen molar-refractivity contribution >= 4 is 40.8 Å². The minimum atomic E-state index is -1.30. The Hall–Kier alpha value is -2.24. The third kappa shape index (κ3) is 3.26. The summed E-state index contributed by atoms with van der Waals surface area (Å²) < 4.78 is 0. The van der Waals surface area contributed by atoms with Crippen molar-refractivity contribution in [3.63, 3.8) is 0 Å². The molecule has 0 bridgehead atoms. The van der Waals surface area contributed by atoms with E-state index in [9.17, 15) is 14.7 Å². The first kappa shape index (κ1) is 15.2. The number of carbonyl (C=O) groups excluding carboxylic acids is 1. The zero-order valence-corrected chi connectivity index (χ0v) is 11.9. The molecule has 0 radical (unpaired) electrons. The van der Waals surface area contributed by atoms with Crippen molar-refractivity contribution in [2.75, 3.05) is 5.32 Å². The number of aromatic carboxylic acids is 1. The Bertz CT molecular complexity index is 731. The van der Waals surface area contributed by atoms with Crippen molar-refractivity contribution < 1.29 is 19.8 Å². The van der Waals surface area contributed by atoms with Crippen LogP contribution in [0.1, 0.15) is 20.7 Å². The van der Waals surface area contributed by atoms with E-state index in [-0.39, 0.29) is 32.6 Å². The highest BCUT2D eigenvalue weighted by molar-refractivity contribution is 6.44. The maximum Gasteiger partial charge on any atom is 0.339 e. The van der Waals surface area contributed by atoms with Crippen LogP contribution in [-0.4, -0.2) is 22.1 Å². The van der Waals surface area contributed by atoms with Crippen LogP contribution in [0.3, 0.4) is 0 Å². The molecule has 0 aliphatic rings. The second-order valence-electron chi connectivity index (χ2n) is 4.09. The topological polar surface area (TPSA) is 86.6 Å². The van der Waals surface area contributed by atoms with E-state index >= 15 is 0 Å². The fourth-order valence-corrected chi connectivity index (χ4v) is 2.05. The SMILES string of the molecule is O=C(O)c1cc(NC(=O)c2cccc(Cl)c2Cl)ccc1O. The number of aromatic hydroxyl groups is 1. The number of nitrogens with one attached hydrogen (secondary N) is 1. The molecule has 0 saturated heterocycles. The number of hydrogen-bond donors (Lipinski definition) is 3. The van der Waals surface area contributed by atoms with E-state index in [0.29, 0.717) is 0 Å². The van der Waals surface area contributed by atoms with Crippen LogP contribution in [-0.2, 0) is 0 Å². The molecule has 5 nitrogen and oxygen atoms in total. The Morgan fingerprint density at radius 2 is 1.76 bits per heavy atom. The molecule has 7 heteroatoms. The van der Waals surface area contributed by atoms with Gasteiger partial charge in [0.1, 0.15) is 11.3 Å². The van der Waals surface area contributed by atoms with E-state index in [1.165, 1.54) is 18.2 Å². The normalized spacial score (nSPS) is 10.2. The molecule has 2 aromatic rings. The van der Waals surface area contributed by atoms with Gasteiger partial charge in [-0.1, -0.05) is 29.3 Å². The molecule has 0 atom stereocenters. The van der Waals surface area contributed by atoms with Crippen LogP contribution in [0.2, 0.25) is 10.0 Å². The summed E-state index contributed by atoms with van der Waals surface area (Å²) in [7, 11) is 0.